The van der Waals surface area contributed by atoms with E-state index in [0.717, 1.165) is 16.5 Å². The van der Waals surface area contributed by atoms with Crippen LogP contribution in [0.25, 0.3) is 0 Å². The molecule has 1 atom stereocenters. The van der Waals surface area contributed by atoms with Crippen molar-refractivity contribution in [2.75, 3.05) is 0 Å². The summed E-state index contributed by atoms with van der Waals surface area (Å²) in [7, 11) is 6.54. The summed E-state index contributed by atoms with van der Waals surface area (Å²) in [6.07, 6.45) is 0.459. The quantitative estimate of drug-likeness (QED) is 0.863. The van der Waals surface area contributed by atoms with Gasteiger partial charge in [0.15, 0.2) is 4.75 Å². The number of benzene rings is 1. The molecule has 0 radical (unpaired) electrons. The normalized spacial score (nSPS) is 14.7. The zero-order chi connectivity index (χ0) is 10.6. The van der Waals surface area contributed by atoms with Crippen molar-refractivity contribution in [2.24, 2.45) is 0 Å². The maximum atomic E-state index is 11.2. The highest BCUT2D eigenvalue weighted by Crippen LogP contribution is 2.42. The summed E-state index contributed by atoms with van der Waals surface area (Å²) in [4.78, 5) is 11.2. The third-order valence-corrected chi connectivity index (χ3v) is 3.97. The van der Waals surface area contributed by atoms with E-state index in [1.165, 1.54) is 0 Å². The average Bonchev–Trinajstić information content (AvgIpc) is 2.22. The molecule has 76 valence electrons. The van der Waals surface area contributed by atoms with Crippen LogP contribution in [0.2, 0.25) is 0 Å². The van der Waals surface area contributed by atoms with Gasteiger partial charge in [-0.25, -0.2) is 0 Å². The monoisotopic (exact) mass is 230 g/mol. The minimum atomic E-state index is -1.02. The Balaban J connectivity index is 3.18. The van der Waals surface area contributed by atoms with Crippen molar-refractivity contribution in [1.29, 1.82) is 0 Å². The van der Waals surface area contributed by atoms with E-state index in [9.17, 15) is 9.90 Å². The lowest BCUT2D eigenvalue weighted by Crippen LogP contribution is -2.30. The summed E-state index contributed by atoms with van der Waals surface area (Å²) in [5, 5.41) is 9.17. The minimum absolute atomic E-state index is 0.459. The largest absolute Gasteiger partial charge is 0.480 e. The molecular formula is C10H11ClO2S. The molecule has 0 aliphatic rings. The van der Waals surface area contributed by atoms with Gasteiger partial charge in [-0.2, -0.15) is 0 Å². The van der Waals surface area contributed by atoms with Crippen LogP contribution in [0.15, 0.2) is 30.3 Å². The number of carbonyl (C=O) groups is 1. The van der Waals surface area contributed by atoms with Crippen LogP contribution in [0.3, 0.4) is 0 Å². The number of hydrogen-bond donors (Lipinski definition) is 1. The first-order valence-corrected chi connectivity index (χ1v) is 5.90. The highest BCUT2D eigenvalue weighted by molar-refractivity contribution is 8.22. The zero-order valence-electron chi connectivity index (χ0n) is 7.74. The minimum Gasteiger partial charge on any atom is -0.480 e. The Kier molecular flexibility index (Phi) is 3.84. The van der Waals surface area contributed by atoms with E-state index in [0.29, 0.717) is 6.42 Å². The van der Waals surface area contributed by atoms with Crippen LogP contribution in [0, 0.1) is 0 Å². The highest BCUT2D eigenvalue weighted by atomic mass is 35.7. The topological polar surface area (TPSA) is 37.3 Å². The number of halogens is 1. The van der Waals surface area contributed by atoms with E-state index < -0.39 is 10.7 Å². The second-order valence-corrected chi connectivity index (χ2v) is 4.24. The molecule has 2 nitrogen and oxygen atoms in total. The SMILES string of the molecule is CCC(SCl)(C(=O)O)c1ccccc1. The van der Waals surface area contributed by atoms with Gasteiger partial charge in [0.05, 0.1) is 0 Å². The van der Waals surface area contributed by atoms with Crippen LogP contribution in [-0.4, -0.2) is 11.1 Å². The van der Waals surface area contributed by atoms with Crippen LogP contribution >= 0.6 is 21.7 Å². The Morgan fingerprint density at radius 1 is 1.50 bits per heavy atom. The summed E-state index contributed by atoms with van der Waals surface area (Å²) in [6.45, 7) is 1.82. The molecule has 0 aliphatic heterocycles. The fourth-order valence-corrected chi connectivity index (χ4v) is 2.51. The van der Waals surface area contributed by atoms with Gasteiger partial charge in [0.2, 0.25) is 0 Å². The molecule has 1 N–H and O–H groups in total. The van der Waals surface area contributed by atoms with Gasteiger partial charge in [0, 0.05) is 0 Å². The molecule has 0 spiro atoms. The van der Waals surface area contributed by atoms with E-state index in [2.05, 4.69) is 0 Å². The first-order valence-electron chi connectivity index (χ1n) is 4.26. The first-order chi connectivity index (χ1) is 6.67. The lowest BCUT2D eigenvalue weighted by molar-refractivity contribution is -0.140. The van der Waals surface area contributed by atoms with E-state index >= 15 is 0 Å². The maximum Gasteiger partial charge on any atom is 0.325 e. The van der Waals surface area contributed by atoms with Gasteiger partial charge in [-0.15, -0.1) is 0 Å². The molecule has 1 rings (SSSR count). The lowest BCUT2D eigenvalue weighted by atomic mass is 9.95. The van der Waals surface area contributed by atoms with E-state index in [1.807, 2.05) is 25.1 Å². The predicted octanol–water partition coefficient (Wildman–Crippen LogP) is 3.26. The van der Waals surface area contributed by atoms with Gasteiger partial charge in [0.1, 0.15) is 0 Å². The van der Waals surface area contributed by atoms with Crippen molar-refractivity contribution >= 4 is 27.6 Å². The van der Waals surface area contributed by atoms with Crippen molar-refractivity contribution in [3.05, 3.63) is 35.9 Å². The second-order valence-electron chi connectivity index (χ2n) is 2.93. The van der Waals surface area contributed by atoms with Gasteiger partial charge in [-0.1, -0.05) is 37.3 Å². The van der Waals surface area contributed by atoms with Gasteiger partial charge >= 0.3 is 5.97 Å². The van der Waals surface area contributed by atoms with Gasteiger partial charge in [-0.3, -0.25) is 4.79 Å². The average molecular weight is 231 g/mol. The van der Waals surface area contributed by atoms with Crippen LogP contribution in [-0.2, 0) is 9.54 Å². The van der Waals surface area contributed by atoms with Crippen LogP contribution in [0.5, 0.6) is 0 Å². The van der Waals surface area contributed by atoms with E-state index in [4.69, 9.17) is 10.7 Å². The van der Waals surface area contributed by atoms with Gasteiger partial charge in [-0.05, 0) is 33.6 Å². The lowest BCUT2D eigenvalue weighted by Gasteiger charge is -2.24. The fraction of sp³-hybridized carbons (Fsp3) is 0.300. The highest BCUT2D eigenvalue weighted by Gasteiger charge is 2.39. The molecule has 14 heavy (non-hydrogen) atoms. The predicted molar refractivity (Wildman–Crippen MR) is 59.5 cm³/mol. The van der Waals surface area contributed by atoms with E-state index in [-0.39, 0.29) is 0 Å². The molecule has 0 saturated carbocycles. The molecule has 0 aliphatic carbocycles. The fourth-order valence-electron chi connectivity index (χ4n) is 1.32. The van der Waals surface area contributed by atoms with Crippen molar-refractivity contribution in [3.8, 4) is 0 Å². The summed E-state index contributed by atoms with van der Waals surface area (Å²) in [5.74, 6) is -0.897. The summed E-state index contributed by atoms with van der Waals surface area (Å²) < 4.78 is -1.02. The molecular weight excluding hydrogens is 220 g/mol. The van der Waals surface area contributed by atoms with Crippen LogP contribution < -0.4 is 0 Å². The third-order valence-electron chi connectivity index (χ3n) is 2.22. The van der Waals surface area contributed by atoms with Crippen molar-refractivity contribution in [3.63, 3.8) is 0 Å². The molecule has 1 aromatic rings. The third kappa shape index (κ3) is 1.88. The molecule has 0 amide bonds. The van der Waals surface area contributed by atoms with Crippen molar-refractivity contribution in [1.82, 2.24) is 0 Å². The zero-order valence-corrected chi connectivity index (χ0v) is 9.31. The van der Waals surface area contributed by atoms with Gasteiger partial charge in [0.25, 0.3) is 0 Å². The summed E-state index contributed by atoms with van der Waals surface area (Å²) in [5.41, 5.74) is 0.731. The number of hydrogen-bond acceptors (Lipinski definition) is 2. The molecule has 0 saturated heterocycles. The Bertz CT molecular complexity index is 309. The molecule has 0 bridgehead atoms. The van der Waals surface area contributed by atoms with Crippen LogP contribution in [0.4, 0.5) is 0 Å². The molecule has 4 heteroatoms. The Hall–Kier alpha value is -0.670. The second kappa shape index (κ2) is 4.71. The number of aliphatic carboxylic acids is 1. The molecule has 1 unspecified atom stereocenters. The maximum absolute atomic E-state index is 11.2. The van der Waals surface area contributed by atoms with Gasteiger partial charge < -0.3 is 5.11 Å². The van der Waals surface area contributed by atoms with Crippen molar-refractivity contribution in [2.45, 2.75) is 18.1 Å². The molecule has 1 aromatic carbocycles. The number of carboxylic acid groups (broad SMARTS) is 1. The standard InChI is InChI=1S/C10H11ClO2S/c1-2-10(14-11,9(12)13)8-6-4-3-5-7-8/h3-7H,2H2,1H3,(H,12,13). The van der Waals surface area contributed by atoms with Crippen molar-refractivity contribution < 1.29 is 9.90 Å². The Labute approximate surface area is 91.8 Å². The molecule has 0 fully saturated rings. The smallest absolute Gasteiger partial charge is 0.325 e. The molecule has 0 heterocycles. The first kappa shape index (κ1) is 11.4. The number of carboxylic acids is 1. The Morgan fingerprint density at radius 2 is 2.07 bits per heavy atom. The summed E-state index contributed by atoms with van der Waals surface area (Å²) in [6, 6.07) is 9.05. The van der Waals surface area contributed by atoms with Crippen LogP contribution in [0.1, 0.15) is 18.9 Å². The summed E-state index contributed by atoms with van der Waals surface area (Å²) >= 11 is 0. The molecule has 0 aromatic heterocycles. The van der Waals surface area contributed by atoms with E-state index in [1.54, 1.807) is 12.1 Å². The Morgan fingerprint density at radius 3 is 2.43 bits per heavy atom. The number of rotatable bonds is 4.